The molecule has 5 atom stereocenters. The summed E-state index contributed by atoms with van der Waals surface area (Å²) in [5.74, 6) is -1.83. The number of fused-ring (bicyclic) bond motifs is 1. The van der Waals surface area contributed by atoms with Gasteiger partial charge in [0.25, 0.3) is 0 Å². The van der Waals surface area contributed by atoms with Gasteiger partial charge in [0.15, 0.2) is 0 Å². The smallest absolute Gasteiger partial charge is 0.326 e. The minimum absolute atomic E-state index is 0.0522. The summed E-state index contributed by atoms with van der Waals surface area (Å²) in [5, 5.41) is 22.1. The van der Waals surface area contributed by atoms with E-state index in [0.29, 0.717) is 6.42 Å². The van der Waals surface area contributed by atoms with Gasteiger partial charge in [0.1, 0.15) is 12.1 Å². The van der Waals surface area contributed by atoms with Crippen molar-refractivity contribution in [1.82, 2.24) is 10.2 Å². The van der Waals surface area contributed by atoms with Gasteiger partial charge in [-0.05, 0) is 44.2 Å². The van der Waals surface area contributed by atoms with Gasteiger partial charge in [-0.1, -0.05) is 31.0 Å². The van der Waals surface area contributed by atoms with Gasteiger partial charge in [0.2, 0.25) is 5.91 Å². The zero-order valence-corrected chi connectivity index (χ0v) is 17.3. The molecule has 1 aromatic rings. The fourth-order valence-corrected chi connectivity index (χ4v) is 5.43. The maximum absolute atomic E-state index is 13.1. The highest BCUT2D eigenvalue weighted by Gasteiger charge is 2.48. The highest BCUT2D eigenvalue weighted by molar-refractivity contribution is 7.99. The third-order valence-corrected chi connectivity index (χ3v) is 7.01. The molecule has 4 unspecified atom stereocenters. The third-order valence-electron chi connectivity index (χ3n) is 5.91. The van der Waals surface area contributed by atoms with Crippen LogP contribution in [0, 0.1) is 5.92 Å². The van der Waals surface area contributed by atoms with Crippen LogP contribution in [0.1, 0.15) is 39.0 Å². The molecule has 1 aliphatic carbocycles. The number of carbonyl (C=O) groups excluding carboxylic acids is 1. The van der Waals surface area contributed by atoms with Crippen LogP contribution in [0.3, 0.4) is 0 Å². The topological polar surface area (TPSA) is 107 Å². The molecule has 0 bridgehead atoms. The first kappa shape index (κ1) is 21.6. The van der Waals surface area contributed by atoms with E-state index in [1.54, 1.807) is 6.92 Å². The molecule has 3 rings (SSSR count). The number of carboxylic acid groups (broad SMARTS) is 2. The Balaban J connectivity index is 1.66. The highest BCUT2D eigenvalue weighted by atomic mass is 32.2. The number of hydrogen-bond acceptors (Lipinski definition) is 5. The Labute approximate surface area is 174 Å². The first-order valence-corrected chi connectivity index (χ1v) is 11.1. The summed E-state index contributed by atoms with van der Waals surface area (Å²) in [5.41, 5.74) is 0. The molecule has 7 nitrogen and oxygen atoms in total. The van der Waals surface area contributed by atoms with E-state index < -0.39 is 30.1 Å². The van der Waals surface area contributed by atoms with Crippen molar-refractivity contribution in [2.45, 2.75) is 68.1 Å². The number of aliphatic carboxylic acids is 2. The number of carbonyl (C=O) groups is 3. The van der Waals surface area contributed by atoms with Crippen LogP contribution in [0.25, 0.3) is 0 Å². The standard InChI is InChI=1S/C21H28N2O5S/c1-13(22-16(20(25)26)12-29-15-8-3-2-4-9-15)19(24)23-17-10-6-5-7-14(17)11-18(23)21(27)28/h2-4,8-9,13-14,16-18,22H,5-7,10-12H2,1H3,(H,25,26)(H,27,28)/t13-,14?,16?,17?,18?/m0/s1. The van der Waals surface area contributed by atoms with Crippen LogP contribution < -0.4 is 5.32 Å². The lowest BCUT2D eigenvalue weighted by Crippen LogP contribution is -2.56. The van der Waals surface area contributed by atoms with E-state index in [1.807, 2.05) is 30.3 Å². The molecule has 1 saturated carbocycles. The predicted octanol–water partition coefficient (Wildman–Crippen LogP) is 2.45. The van der Waals surface area contributed by atoms with E-state index in [1.165, 1.54) is 16.7 Å². The van der Waals surface area contributed by atoms with Gasteiger partial charge in [-0.15, -0.1) is 11.8 Å². The summed E-state index contributed by atoms with van der Waals surface area (Å²) >= 11 is 1.40. The molecule has 0 radical (unpaired) electrons. The normalized spacial score (nSPS) is 25.8. The minimum atomic E-state index is -1.03. The van der Waals surface area contributed by atoms with Crippen LogP contribution in [0.4, 0.5) is 0 Å². The molecular weight excluding hydrogens is 392 g/mol. The molecule has 1 heterocycles. The van der Waals surface area contributed by atoms with Gasteiger partial charge in [0, 0.05) is 16.7 Å². The third kappa shape index (κ3) is 5.11. The number of nitrogens with one attached hydrogen (secondary N) is 1. The molecule has 158 valence electrons. The summed E-state index contributed by atoms with van der Waals surface area (Å²) in [6.45, 7) is 1.63. The molecule has 0 aromatic heterocycles. The lowest BCUT2D eigenvalue weighted by molar-refractivity contribution is -0.151. The van der Waals surface area contributed by atoms with E-state index in [4.69, 9.17) is 0 Å². The summed E-state index contributed by atoms with van der Waals surface area (Å²) < 4.78 is 0. The fraction of sp³-hybridized carbons (Fsp3) is 0.571. The van der Waals surface area contributed by atoms with Crippen molar-refractivity contribution in [3.05, 3.63) is 30.3 Å². The number of amides is 1. The lowest BCUT2D eigenvalue weighted by atomic mass is 9.84. The second-order valence-corrected chi connectivity index (χ2v) is 8.94. The molecule has 1 saturated heterocycles. The maximum Gasteiger partial charge on any atom is 0.326 e. The SMILES string of the molecule is C[C@H](NC(CSc1ccccc1)C(=O)O)C(=O)N1C(C(=O)O)CC2CCCCC21. The van der Waals surface area contributed by atoms with Crippen molar-refractivity contribution in [1.29, 1.82) is 0 Å². The second kappa shape index (κ2) is 9.63. The molecular formula is C21H28N2O5S. The monoisotopic (exact) mass is 420 g/mol. The summed E-state index contributed by atoms with van der Waals surface area (Å²) in [6, 6.07) is 6.93. The van der Waals surface area contributed by atoms with E-state index in [2.05, 4.69) is 5.32 Å². The molecule has 0 spiro atoms. The average Bonchev–Trinajstić information content (AvgIpc) is 3.10. The van der Waals surface area contributed by atoms with Gasteiger partial charge in [-0.3, -0.25) is 14.9 Å². The van der Waals surface area contributed by atoms with E-state index in [0.717, 1.165) is 30.6 Å². The Morgan fingerprint density at radius 2 is 1.86 bits per heavy atom. The van der Waals surface area contributed by atoms with Gasteiger partial charge < -0.3 is 15.1 Å². The average molecular weight is 421 g/mol. The quantitative estimate of drug-likeness (QED) is 0.555. The van der Waals surface area contributed by atoms with Crippen molar-refractivity contribution in [3.8, 4) is 0 Å². The van der Waals surface area contributed by atoms with Crippen LogP contribution in [0.5, 0.6) is 0 Å². The molecule has 2 fully saturated rings. The largest absolute Gasteiger partial charge is 0.480 e. The number of thioether (sulfide) groups is 1. The molecule has 29 heavy (non-hydrogen) atoms. The number of carboxylic acids is 2. The molecule has 3 N–H and O–H groups in total. The highest BCUT2D eigenvalue weighted by Crippen LogP contribution is 2.40. The van der Waals surface area contributed by atoms with Crippen molar-refractivity contribution in [2.24, 2.45) is 5.92 Å². The number of hydrogen-bond donors (Lipinski definition) is 3. The lowest BCUT2D eigenvalue weighted by Gasteiger charge is -2.35. The summed E-state index contributed by atoms with van der Waals surface area (Å²) in [6.07, 6.45) is 4.32. The van der Waals surface area contributed by atoms with Crippen LogP contribution in [0.15, 0.2) is 35.2 Å². The van der Waals surface area contributed by atoms with Gasteiger partial charge >= 0.3 is 11.9 Å². The van der Waals surface area contributed by atoms with Crippen LogP contribution in [-0.4, -0.2) is 62.9 Å². The van der Waals surface area contributed by atoms with Crippen LogP contribution in [-0.2, 0) is 14.4 Å². The van der Waals surface area contributed by atoms with Gasteiger partial charge in [-0.25, -0.2) is 4.79 Å². The first-order chi connectivity index (χ1) is 13.9. The summed E-state index contributed by atoms with van der Waals surface area (Å²) in [4.78, 5) is 39.1. The molecule has 8 heteroatoms. The molecule has 2 aliphatic rings. The number of rotatable bonds is 8. The van der Waals surface area contributed by atoms with Crippen LogP contribution >= 0.6 is 11.8 Å². The maximum atomic E-state index is 13.1. The van der Waals surface area contributed by atoms with Crippen molar-refractivity contribution < 1.29 is 24.6 Å². The Morgan fingerprint density at radius 1 is 1.17 bits per heavy atom. The zero-order valence-electron chi connectivity index (χ0n) is 16.5. The number of benzene rings is 1. The predicted molar refractivity (Wildman–Crippen MR) is 110 cm³/mol. The van der Waals surface area contributed by atoms with Crippen molar-refractivity contribution in [2.75, 3.05) is 5.75 Å². The number of likely N-dealkylation sites (tertiary alicyclic amines) is 1. The molecule has 1 amide bonds. The second-order valence-electron chi connectivity index (χ2n) is 7.85. The fourth-order valence-electron chi connectivity index (χ4n) is 4.48. The minimum Gasteiger partial charge on any atom is -0.480 e. The Hall–Kier alpha value is -2.06. The Kier molecular flexibility index (Phi) is 7.18. The summed E-state index contributed by atoms with van der Waals surface area (Å²) in [7, 11) is 0. The Bertz CT molecular complexity index is 744. The van der Waals surface area contributed by atoms with Gasteiger partial charge in [0.05, 0.1) is 6.04 Å². The van der Waals surface area contributed by atoms with Crippen molar-refractivity contribution in [3.63, 3.8) is 0 Å². The molecule has 1 aromatic carbocycles. The van der Waals surface area contributed by atoms with E-state index in [9.17, 15) is 24.6 Å². The van der Waals surface area contributed by atoms with Crippen LogP contribution in [0.2, 0.25) is 0 Å². The Morgan fingerprint density at radius 3 is 2.52 bits per heavy atom. The zero-order chi connectivity index (χ0) is 21.0. The first-order valence-electron chi connectivity index (χ1n) is 10.1. The van der Waals surface area contributed by atoms with E-state index in [-0.39, 0.29) is 23.6 Å². The van der Waals surface area contributed by atoms with Gasteiger partial charge in [-0.2, -0.15) is 0 Å². The van der Waals surface area contributed by atoms with Crippen molar-refractivity contribution >= 4 is 29.6 Å². The van der Waals surface area contributed by atoms with E-state index >= 15 is 0 Å². The molecule has 1 aliphatic heterocycles. The number of nitrogens with zero attached hydrogens (tertiary/aromatic N) is 1.